The van der Waals surface area contributed by atoms with Crippen LogP contribution in [0.2, 0.25) is 0 Å². The van der Waals surface area contributed by atoms with Crippen LogP contribution in [0.3, 0.4) is 0 Å². The van der Waals surface area contributed by atoms with Crippen molar-refractivity contribution in [2.45, 2.75) is 38.3 Å². The molecule has 3 aromatic rings. The highest BCUT2D eigenvalue weighted by molar-refractivity contribution is 7.08. The highest BCUT2D eigenvalue weighted by atomic mass is 32.1. The van der Waals surface area contributed by atoms with E-state index in [0.717, 1.165) is 18.4 Å². The van der Waals surface area contributed by atoms with Gasteiger partial charge in [0.25, 0.3) is 0 Å². The molecule has 1 aromatic carbocycles. The number of hydrogen-bond acceptors (Lipinski definition) is 5. The highest BCUT2D eigenvalue weighted by Gasteiger charge is 2.32. The van der Waals surface area contributed by atoms with Crippen LogP contribution < -0.4 is 0 Å². The fraction of sp³-hybridized carbons (Fsp3) is 0.316. The Labute approximate surface area is 154 Å². The van der Waals surface area contributed by atoms with Gasteiger partial charge in [0, 0.05) is 41.9 Å². The summed E-state index contributed by atoms with van der Waals surface area (Å²) in [7, 11) is 0. The third kappa shape index (κ3) is 3.83. The van der Waals surface area contributed by atoms with E-state index in [0.29, 0.717) is 30.2 Å². The number of aryl methyl sites for hydroxylation is 1. The summed E-state index contributed by atoms with van der Waals surface area (Å²) in [6, 6.07) is 8.74. The van der Waals surface area contributed by atoms with Crippen LogP contribution in [0.15, 0.2) is 45.6 Å². The average molecular weight is 371 g/mol. The zero-order valence-electron chi connectivity index (χ0n) is 14.1. The molecule has 0 unspecified atom stereocenters. The number of halogens is 1. The SMILES string of the molecule is O=C(CCc1nc(-c2ccsc2)no1)N(Cc1ccccc1F)C1CC1. The molecule has 1 aliphatic carbocycles. The summed E-state index contributed by atoms with van der Waals surface area (Å²) >= 11 is 1.56. The number of hydrogen-bond donors (Lipinski definition) is 0. The van der Waals surface area contributed by atoms with E-state index in [2.05, 4.69) is 10.1 Å². The van der Waals surface area contributed by atoms with Gasteiger partial charge in [-0.25, -0.2) is 4.39 Å². The molecule has 0 aliphatic heterocycles. The maximum Gasteiger partial charge on any atom is 0.227 e. The summed E-state index contributed by atoms with van der Waals surface area (Å²) in [4.78, 5) is 18.8. The van der Waals surface area contributed by atoms with Crippen molar-refractivity contribution < 1.29 is 13.7 Å². The van der Waals surface area contributed by atoms with Gasteiger partial charge in [0.2, 0.25) is 17.6 Å². The molecule has 2 heterocycles. The van der Waals surface area contributed by atoms with E-state index in [1.54, 1.807) is 34.4 Å². The highest BCUT2D eigenvalue weighted by Crippen LogP contribution is 2.29. The standard InChI is InChI=1S/C19H18FN3O2S/c20-16-4-2-1-3-13(16)11-23(15-5-6-15)18(24)8-7-17-21-19(22-25-17)14-9-10-26-12-14/h1-4,9-10,12,15H,5-8,11H2. The van der Waals surface area contributed by atoms with Crippen LogP contribution in [0.25, 0.3) is 11.4 Å². The number of thiophene rings is 1. The molecule has 0 radical (unpaired) electrons. The second-order valence-electron chi connectivity index (χ2n) is 6.37. The number of carbonyl (C=O) groups is 1. The zero-order valence-corrected chi connectivity index (χ0v) is 14.9. The number of rotatable bonds is 7. The summed E-state index contributed by atoms with van der Waals surface area (Å²) in [5.74, 6) is 0.703. The maximum absolute atomic E-state index is 13.9. The molecule has 0 bridgehead atoms. The molecule has 0 atom stereocenters. The molecule has 5 nitrogen and oxygen atoms in total. The van der Waals surface area contributed by atoms with Gasteiger partial charge < -0.3 is 9.42 Å². The van der Waals surface area contributed by atoms with Gasteiger partial charge in [0.15, 0.2) is 0 Å². The summed E-state index contributed by atoms with van der Waals surface area (Å²) in [6.07, 6.45) is 2.61. The molecule has 1 amide bonds. The van der Waals surface area contributed by atoms with E-state index in [1.165, 1.54) is 6.07 Å². The lowest BCUT2D eigenvalue weighted by atomic mass is 10.1. The molecular formula is C19H18FN3O2S. The van der Waals surface area contributed by atoms with Gasteiger partial charge in [-0.3, -0.25) is 4.79 Å². The summed E-state index contributed by atoms with van der Waals surface area (Å²) in [5.41, 5.74) is 1.46. The van der Waals surface area contributed by atoms with E-state index in [1.807, 2.05) is 16.8 Å². The number of benzene rings is 1. The topological polar surface area (TPSA) is 59.2 Å². The van der Waals surface area contributed by atoms with Crippen LogP contribution in [0.5, 0.6) is 0 Å². The van der Waals surface area contributed by atoms with Gasteiger partial charge >= 0.3 is 0 Å². The van der Waals surface area contributed by atoms with Gasteiger partial charge in [0.1, 0.15) is 5.82 Å². The molecule has 1 aliphatic rings. The first-order chi connectivity index (χ1) is 12.7. The predicted octanol–water partition coefficient (Wildman–Crippen LogP) is 4.06. The summed E-state index contributed by atoms with van der Waals surface area (Å²) in [6.45, 7) is 0.306. The van der Waals surface area contributed by atoms with Gasteiger partial charge in [-0.1, -0.05) is 23.4 Å². The molecule has 0 spiro atoms. The lowest BCUT2D eigenvalue weighted by Gasteiger charge is -2.22. The first-order valence-electron chi connectivity index (χ1n) is 8.59. The molecule has 26 heavy (non-hydrogen) atoms. The van der Waals surface area contributed by atoms with E-state index in [4.69, 9.17) is 4.52 Å². The Balaban J connectivity index is 1.39. The lowest BCUT2D eigenvalue weighted by Crippen LogP contribution is -2.33. The van der Waals surface area contributed by atoms with Crippen molar-refractivity contribution in [2.75, 3.05) is 0 Å². The van der Waals surface area contributed by atoms with E-state index >= 15 is 0 Å². The monoisotopic (exact) mass is 371 g/mol. The van der Waals surface area contributed by atoms with Crippen molar-refractivity contribution in [1.29, 1.82) is 0 Å². The largest absolute Gasteiger partial charge is 0.339 e. The minimum Gasteiger partial charge on any atom is -0.339 e. The van der Waals surface area contributed by atoms with Crippen LogP contribution in [-0.4, -0.2) is 27.0 Å². The van der Waals surface area contributed by atoms with Crippen molar-refractivity contribution in [2.24, 2.45) is 0 Å². The Bertz CT molecular complexity index is 890. The minimum absolute atomic E-state index is 0.00830. The van der Waals surface area contributed by atoms with Crippen molar-refractivity contribution in [1.82, 2.24) is 15.0 Å². The number of aromatic nitrogens is 2. The van der Waals surface area contributed by atoms with Crippen molar-refractivity contribution >= 4 is 17.2 Å². The van der Waals surface area contributed by atoms with Crippen LogP contribution in [0.4, 0.5) is 4.39 Å². The fourth-order valence-electron chi connectivity index (χ4n) is 2.84. The maximum atomic E-state index is 13.9. The smallest absolute Gasteiger partial charge is 0.227 e. The van der Waals surface area contributed by atoms with Crippen molar-refractivity contribution in [3.05, 3.63) is 58.4 Å². The molecule has 1 saturated carbocycles. The van der Waals surface area contributed by atoms with Crippen LogP contribution in [-0.2, 0) is 17.8 Å². The predicted molar refractivity (Wildman–Crippen MR) is 95.9 cm³/mol. The Kier molecular flexibility index (Phi) is 4.79. The third-order valence-electron chi connectivity index (χ3n) is 4.41. The molecule has 1 fully saturated rings. The van der Waals surface area contributed by atoms with Crippen LogP contribution in [0, 0.1) is 5.82 Å². The van der Waals surface area contributed by atoms with Gasteiger partial charge in [-0.05, 0) is 30.4 Å². The summed E-state index contributed by atoms with van der Waals surface area (Å²) < 4.78 is 19.2. The Morgan fingerprint density at radius 2 is 2.15 bits per heavy atom. The lowest BCUT2D eigenvalue weighted by molar-refractivity contribution is -0.132. The molecule has 4 rings (SSSR count). The quantitative estimate of drug-likeness (QED) is 0.628. The molecule has 2 aromatic heterocycles. The molecule has 7 heteroatoms. The number of nitrogens with zero attached hydrogens (tertiary/aromatic N) is 3. The Morgan fingerprint density at radius 1 is 1.31 bits per heavy atom. The fourth-order valence-corrected chi connectivity index (χ4v) is 3.47. The van der Waals surface area contributed by atoms with Crippen LogP contribution >= 0.6 is 11.3 Å². The second kappa shape index (κ2) is 7.37. The molecular weight excluding hydrogens is 353 g/mol. The molecule has 134 valence electrons. The second-order valence-corrected chi connectivity index (χ2v) is 7.15. The zero-order chi connectivity index (χ0) is 17.9. The normalized spacial score (nSPS) is 13.7. The Morgan fingerprint density at radius 3 is 2.88 bits per heavy atom. The first kappa shape index (κ1) is 16.9. The van der Waals surface area contributed by atoms with Gasteiger partial charge in [-0.2, -0.15) is 16.3 Å². The van der Waals surface area contributed by atoms with Crippen molar-refractivity contribution in [3.63, 3.8) is 0 Å². The summed E-state index contributed by atoms with van der Waals surface area (Å²) in [5, 5.41) is 7.85. The first-order valence-corrected chi connectivity index (χ1v) is 9.53. The third-order valence-corrected chi connectivity index (χ3v) is 5.09. The van der Waals surface area contributed by atoms with E-state index in [9.17, 15) is 9.18 Å². The average Bonchev–Trinajstić information content (AvgIpc) is 3.14. The number of amides is 1. The van der Waals surface area contributed by atoms with Gasteiger partial charge in [-0.15, -0.1) is 0 Å². The molecule has 0 N–H and O–H groups in total. The van der Waals surface area contributed by atoms with E-state index < -0.39 is 0 Å². The number of carbonyl (C=O) groups excluding carboxylic acids is 1. The van der Waals surface area contributed by atoms with Crippen molar-refractivity contribution in [3.8, 4) is 11.4 Å². The minimum atomic E-state index is -0.275. The van der Waals surface area contributed by atoms with Gasteiger partial charge in [0.05, 0.1) is 0 Å². The molecule has 0 saturated heterocycles. The Hall–Kier alpha value is -2.54. The van der Waals surface area contributed by atoms with Crippen LogP contribution in [0.1, 0.15) is 30.7 Å². The van der Waals surface area contributed by atoms with E-state index in [-0.39, 0.29) is 24.2 Å².